The van der Waals surface area contributed by atoms with Gasteiger partial charge in [-0.25, -0.2) is 15.0 Å². The molecule has 0 saturated carbocycles. The molecule has 0 aliphatic carbocycles. The second-order valence-corrected chi connectivity index (χ2v) is 5.63. The fourth-order valence-corrected chi connectivity index (χ4v) is 3.12. The molecule has 0 aromatic rings. The Morgan fingerprint density at radius 2 is 1.83 bits per heavy atom. The molecule has 4 unspecified atom stereocenters. The van der Waals surface area contributed by atoms with Crippen molar-refractivity contribution in [2.45, 2.75) is 31.7 Å². The number of epoxide rings is 1. The van der Waals surface area contributed by atoms with Crippen molar-refractivity contribution >= 4 is 0 Å². The van der Waals surface area contributed by atoms with Crippen LogP contribution in [0.4, 0.5) is 0 Å². The van der Waals surface area contributed by atoms with Crippen molar-refractivity contribution in [2.75, 3.05) is 34.4 Å². The summed E-state index contributed by atoms with van der Waals surface area (Å²) in [4.78, 5) is 0. The fourth-order valence-electron chi connectivity index (χ4n) is 3.12. The maximum Gasteiger partial charge on any atom is 0.128 e. The normalized spacial score (nSPS) is 41.8. The minimum Gasteiger partial charge on any atom is -0.371 e. The van der Waals surface area contributed by atoms with Crippen molar-refractivity contribution in [3.8, 4) is 0 Å². The van der Waals surface area contributed by atoms with Crippen molar-refractivity contribution in [1.29, 1.82) is 0 Å². The molecule has 0 bridgehead atoms. The van der Waals surface area contributed by atoms with Crippen LogP contribution in [0.15, 0.2) is 10.4 Å². The predicted molar refractivity (Wildman–Crippen MR) is 65.9 cm³/mol. The van der Waals surface area contributed by atoms with Gasteiger partial charge >= 0.3 is 0 Å². The zero-order valence-corrected chi connectivity index (χ0v) is 11.5. The molecule has 3 rings (SSSR count). The lowest BCUT2D eigenvalue weighted by molar-refractivity contribution is -0.166. The number of hydrogen-bond acceptors (Lipinski definition) is 7. The average Bonchev–Trinajstić information content (AvgIpc) is 3.08. The Morgan fingerprint density at radius 3 is 2.39 bits per heavy atom. The maximum absolute atomic E-state index is 5.46. The largest absolute Gasteiger partial charge is 0.371 e. The third-order valence-corrected chi connectivity index (χ3v) is 4.23. The molecule has 3 aliphatic rings. The smallest absolute Gasteiger partial charge is 0.128 e. The molecule has 102 valence electrons. The molecule has 3 aliphatic heterocycles. The van der Waals surface area contributed by atoms with E-state index in [4.69, 9.17) is 4.74 Å². The van der Waals surface area contributed by atoms with Crippen LogP contribution in [0.2, 0.25) is 0 Å². The van der Waals surface area contributed by atoms with Crippen LogP contribution in [-0.2, 0) is 4.74 Å². The van der Waals surface area contributed by atoms with E-state index in [9.17, 15) is 0 Å². The zero-order chi connectivity index (χ0) is 12.9. The fraction of sp³-hybridized carbons (Fsp3) is 1.00. The van der Waals surface area contributed by atoms with Gasteiger partial charge in [0.1, 0.15) is 12.8 Å². The summed E-state index contributed by atoms with van der Waals surface area (Å²) in [6.45, 7) is 3.96. The van der Waals surface area contributed by atoms with Crippen LogP contribution in [0.1, 0.15) is 13.3 Å². The van der Waals surface area contributed by atoms with Gasteiger partial charge in [-0.1, -0.05) is 12.1 Å². The Bertz CT molecular complexity index is 346. The number of rotatable bonds is 2. The lowest BCUT2D eigenvalue weighted by atomic mass is 9.93. The van der Waals surface area contributed by atoms with Crippen LogP contribution in [-0.4, -0.2) is 72.8 Å². The van der Waals surface area contributed by atoms with Crippen molar-refractivity contribution in [2.24, 2.45) is 16.4 Å². The molecular formula is C11H22N6O. The highest BCUT2D eigenvalue weighted by molar-refractivity contribution is 4.92. The monoisotopic (exact) mass is 254 g/mol. The van der Waals surface area contributed by atoms with Crippen molar-refractivity contribution in [3.63, 3.8) is 0 Å². The predicted octanol–water partition coefficient (Wildman–Crippen LogP) is 0.385. The molecule has 2 fully saturated rings. The van der Waals surface area contributed by atoms with Gasteiger partial charge < -0.3 is 4.74 Å². The second kappa shape index (κ2) is 4.32. The Hall–Kier alpha value is -0.920. The molecule has 0 spiro atoms. The summed E-state index contributed by atoms with van der Waals surface area (Å²) in [6, 6.07) is 0.499. The topological polar surface area (TPSA) is 50.2 Å². The van der Waals surface area contributed by atoms with Gasteiger partial charge in [-0.3, -0.25) is 5.01 Å². The van der Waals surface area contributed by atoms with Gasteiger partial charge in [0.25, 0.3) is 0 Å². The minimum absolute atomic E-state index is 0.277. The van der Waals surface area contributed by atoms with E-state index in [1.807, 2.05) is 12.1 Å². The maximum atomic E-state index is 5.46. The molecule has 4 atom stereocenters. The third kappa shape index (κ3) is 1.96. The Kier molecular flexibility index (Phi) is 2.91. The van der Waals surface area contributed by atoms with Gasteiger partial charge in [0.05, 0.1) is 18.8 Å². The van der Waals surface area contributed by atoms with Crippen LogP contribution < -0.4 is 0 Å². The van der Waals surface area contributed by atoms with Crippen LogP contribution in [0, 0.1) is 5.92 Å². The SMILES string of the molecule is CC1CC(C2CO2)N(C)N(C)C1N1CN(C)N=N1. The van der Waals surface area contributed by atoms with Crippen LogP contribution >= 0.6 is 0 Å². The van der Waals surface area contributed by atoms with Crippen molar-refractivity contribution in [1.82, 2.24) is 20.0 Å². The van der Waals surface area contributed by atoms with Gasteiger partial charge in [0.2, 0.25) is 0 Å². The first kappa shape index (κ1) is 12.1. The van der Waals surface area contributed by atoms with Crippen LogP contribution in [0.3, 0.4) is 0 Å². The first-order valence-electron chi connectivity index (χ1n) is 6.54. The van der Waals surface area contributed by atoms with Gasteiger partial charge in [-0.2, -0.15) is 0 Å². The van der Waals surface area contributed by atoms with Gasteiger partial charge in [-0.15, -0.1) is 0 Å². The molecule has 2 saturated heterocycles. The number of nitrogens with zero attached hydrogens (tertiary/aromatic N) is 6. The Morgan fingerprint density at radius 1 is 1.11 bits per heavy atom. The highest BCUT2D eigenvalue weighted by Gasteiger charge is 2.46. The third-order valence-electron chi connectivity index (χ3n) is 4.23. The summed E-state index contributed by atoms with van der Waals surface area (Å²) < 4.78 is 5.46. The molecule has 0 amide bonds. The van der Waals surface area contributed by atoms with Gasteiger partial charge in [0.15, 0.2) is 0 Å². The number of hydrazine groups is 1. The van der Waals surface area contributed by atoms with E-state index in [2.05, 4.69) is 46.5 Å². The zero-order valence-electron chi connectivity index (χ0n) is 11.5. The van der Waals surface area contributed by atoms with E-state index in [0.717, 1.165) is 19.7 Å². The van der Waals surface area contributed by atoms with E-state index < -0.39 is 0 Å². The van der Waals surface area contributed by atoms with E-state index in [0.29, 0.717) is 18.1 Å². The Balaban J connectivity index is 1.73. The second-order valence-electron chi connectivity index (χ2n) is 5.63. The van der Waals surface area contributed by atoms with Crippen LogP contribution in [0.25, 0.3) is 0 Å². The Labute approximate surface area is 108 Å². The summed E-state index contributed by atoms with van der Waals surface area (Å²) in [6.07, 6.45) is 1.84. The molecule has 18 heavy (non-hydrogen) atoms. The lowest BCUT2D eigenvalue weighted by Gasteiger charge is -2.49. The molecule has 3 heterocycles. The van der Waals surface area contributed by atoms with Crippen LogP contribution in [0.5, 0.6) is 0 Å². The standard InChI is InChI=1S/C11H22N6O/c1-8-5-9(10-6-18-10)15(3)16(4)11(8)17-7-14(2)12-13-17/h8-11H,5-7H2,1-4H3. The summed E-state index contributed by atoms with van der Waals surface area (Å²) in [5, 5.41) is 16.8. The van der Waals surface area contributed by atoms with E-state index in [-0.39, 0.29) is 6.17 Å². The number of likely N-dealkylation sites (N-methyl/N-ethyl adjacent to an activating group) is 1. The number of ether oxygens (including phenoxy) is 1. The molecule has 0 aromatic carbocycles. The first-order chi connectivity index (χ1) is 8.58. The highest BCUT2D eigenvalue weighted by Crippen LogP contribution is 2.34. The summed E-state index contributed by atoms with van der Waals surface area (Å²) in [5.74, 6) is 0.547. The van der Waals surface area contributed by atoms with Gasteiger partial charge in [-0.05, 0) is 17.6 Å². The van der Waals surface area contributed by atoms with E-state index in [1.54, 1.807) is 0 Å². The minimum atomic E-state index is 0.277. The number of hydrogen-bond donors (Lipinski definition) is 0. The van der Waals surface area contributed by atoms with E-state index >= 15 is 0 Å². The highest BCUT2D eigenvalue weighted by atomic mass is 16.6. The molecule has 0 aromatic heterocycles. The molecule has 7 heteroatoms. The first-order valence-corrected chi connectivity index (χ1v) is 6.54. The van der Waals surface area contributed by atoms with E-state index in [1.165, 1.54) is 0 Å². The molecular weight excluding hydrogens is 232 g/mol. The summed E-state index contributed by atoms with van der Waals surface area (Å²) in [7, 11) is 6.22. The summed E-state index contributed by atoms with van der Waals surface area (Å²) >= 11 is 0. The molecule has 0 radical (unpaired) electrons. The molecule has 7 nitrogen and oxygen atoms in total. The quantitative estimate of drug-likeness (QED) is 0.667. The lowest BCUT2D eigenvalue weighted by Crippen LogP contribution is -2.62. The van der Waals surface area contributed by atoms with Crippen molar-refractivity contribution < 1.29 is 4.74 Å². The summed E-state index contributed by atoms with van der Waals surface area (Å²) in [5.41, 5.74) is 0. The van der Waals surface area contributed by atoms with Gasteiger partial charge in [0, 0.05) is 21.1 Å². The van der Waals surface area contributed by atoms with Crippen molar-refractivity contribution in [3.05, 3.63) is 0 Å². The molecule has 0 N–H and O–H groups in total. The average molecular weight is 254 g/mol.